The van der Waals surface area contributed by atoms with Gasteiger partial charge in [0.05, 0.1) is 17.5 Å². The van der Waals surface area contributed by atoms with Gasteiger partial charge < -0.3 is 9.84 Å². The number of aromatic hydroxyl groups is 1. The molecule has 0 aromatic heterocycles. The SMILES string of the molecule is COc1ccc(S(=O)(=O)NC2(c3ccccc3O)CCCC(Cl)C2)cc1. The maximum Gasteiger partial charge on any atom is 0.241 e. The summed E-state index contributed by atoms with van der Waals surface area (Å²) in [5.41, 5.74) is -0.378. The van der Waals surface area contributed by atoms with Gasteiger partial charge in [-0.15, -0.1) is 11.6 Å². The van der Waals surface area contributed by atoms with Gasteiger partial charge in [0.2, 0.25) is 10.0 Å². The van der Waals surface area contributed by atoms with E-state index in [-0.39, 0.29) is 16.0 Å². The summed E-state index contributed by atoms with van der Waals surface area (Å²) >= 11 is 6.38. The van der Waals surface area contributed by atoms with Crippen LogP contribution < -0.4 is 9.46 Å². The average Bonchev–Trinajstić information content (AvgIpc) is 2.61. The van der Waals surface area contributed by atoms with Crippen LogP contribution in [0.3, 0.4) is 0 Å². The van der Waals surface area contributed by atoms with Gasteiger partial charge in [0.1, 0.15) is 11.5 Å². The number of phenolic OH excluding ortho intramolecular Hbond substituents is 1. The van der Waals surface area contributed by atoms with E-state index in [9.17, 15) is 13.5 Å². The van der Waals surface area contributed by atoms with Gasteiger partial charge in [0.25, 0.3) is 0 Å². The number of ether oxygens (including phenoxy) is 1. The molecule has 0 amide bonds. The van der Waals surface area contributed by atoms with Crippen LogP contribution in [-0.2, 0) is 15.6 Å². The topological polar surface area (TPSA) is 75.6 Å². The number of halogens is 1. The van der Waals surface area contributed by atoms with Crippen molar-refractivity contribution in [2.45, 2.75) is 41.5 Å². The van der Waals surface area contributed by atoms with Crippen molar-refractivity contribution in [2.75, 3.05) is 7.11 Å². The minimum absolute atomic E-state index is 0.0655. The predicted molar refractivity (Wildman–Crippen MR) is 101 cm³/mol. The van der Waals surface area contributed by atoms with Crippen molar-refractivity contribution in [1.82, 2.24) is 4.72 Å². The molecule has 0 radical (unpaired) electrons. The quantitative estimate of drug-likeness (QED) is 0.756. The first kappa shape index (κ1) is 19.0. The van der Waals surface area contributed by atoms with E-state index in [1.54, 1.807) is 36.4 Å². The molecule has 5 nitrogen and oxygen atoms in total. The lowest BCUT2D eigenvalue weighted by atomic mass is 9.77. The van der Waals surface area contributed by atoms with Crippen molar-refractivity contribution in [2.24, 2.45) is 0 Å². The summed E-state index contributed by atoms with van der Waals surface area (Å²) < 4.78 is 34.0. The van der Waals surface area contributed by atoms with Gasteiger partial charge in [0, 0.05) is 10.9 Å². The van der Waals surface area contributed by atoms with Crippen LogP contribution in [0.2, 0.25) is 0 Å². The number of rotatable bonds is 5. The second-order valence-electron chi connectivity index (χ2n) is 6.57. The van der Waals surface area contributed by atoms with Crippen molar-refractivity contribution in [1.29, 1.82) is 0 Å². The van der Waals surface area contributed by atoms with Crippen LogP contribution in [0, 0.1) is 0 Å². The maximum absolute atomic E-state index is 13.0. The number of methoxy groups -OCH3 is 1. The fourth-order valence-corrected chi connectivity index (χ4v) is 5.39. The minimum atomic E-state index is -3.81. The Labute approximate surface area is 159 Å². The summed E-state index contributed by atoms with van der Waals surface area (Å²) in [7, 11) is -2.28. The Hall–Kier alpha value is -1.76. The predicted octanol–water partition coefficient (Wildman–Crippen LogP) is 3.76. The fraction of sp³-hybridized carbons (Fsp3) is 0.368. The average molecular weight is 396 g/mol. The molecule has 140 valence electrons. The van der Waals surface area contributed by atoms with Crippen molar-refractivity contribution in [3.05, 3.63) is 54.1 Å². The van der Waals surface area contributed by atoms with Crippen LogP contribution >= 0.6 is 11.6 Å². The third kappa shape index (κ3) is 3.82. The molecule has 1 aliphatic rings. The Kier molecular flexibility index (Phi) is 5.46. The van der Waals surface area contributed by atoms with Crippen molar-refractivity contribution < 1.29 is 18.3 Å². The second-order valence-corrected chi connectivity index (χ2v) is 8.87. The fourth-order valence-electron chi connectivity index (χ4n) is 3.55. The standard InChI is InChI=1S/C19H22ClNO4S/c1-25-15-8-10-16(11-9-15)26(23,24)21-19(12-4-5-14(20)13-19)17-6-2-3-7-18(17)22/h2-3,6-11,14,21-22H,4-5,12-13H2,1H3. The van der Waals surface area contributed by atoms with Gasteiger partial charge >= 0.3 is 0 Å². The molecule has 0 saturated heterocycles. The number of hydrogen-bond donors (Lipinski definition) is 2. The summed E-state index contributed by atoms with van der Waals surface area (Å²) in [6.07, 6.45) is 2.58. The van der Waals surface area contributed by atoms with Gasteiger partial charge in [-0.3, -0.25) is 0 Å². The van der Waals surface area contributed by atoms with Gasteiger partial charge in [-0.25, -0.2) is 13.1 Å². The summed E-state index contributed by atoms with van der Waals surface area (Å²) in [6, 6.07) is 13.0. The maximum atomic E-state index is 13.0. The van der Waals surface area contributed by atoms with Crippen molar-refractivity contribution >= 4 is 21.6 Å². The highest BCUT2D eigenvalue weighted by Gasteiger charge is 2.42. The molecule has 2 N–H and O–H groups in total. The van der Waals surface area contributed by atoms with E-state index in [0.717, 1.165) is 12.8 Å². The number of hydrogen-bond acceptors (Lipinski definition) is 4. The Bertz CT molecular complexity index is 869. The zero-order valence-corrected chi connectivity index (χ0v) is 16.1. The van der Waals surface area contributed by atoms with Crippen LogP contribution in [-0.4, -0.2) is 26.0 Å². The van der Waals surface area contributed by atoms with Crippen LogP contribution in [0.4, 0.5) is 0 Å². The number of benzene rings is 2. The van der Waals surface area contributed by atoms with Gasteiger partial charge in [-0.2, -0.15) is 0 Å². The Balaban J connectivity index is 2.01. The molecule has 2 atom stereocenters. The first-order valence-corrected chi connectivity index (χ1v) is 10.4. The molecule has 2 aromatic carbocycles. The molecule has 3 rings (SSSR count). The Morgan fingerprint density at radius 1 is 1.19 bits per heavy atom. The van der Waals surface area contributed by atoms with E-state index in [4.69, 9.17) is 16.3 Å². The lowest BCUT2D eigenvalue weighted by molar-refractivity contribution is 0.268. The Morgan fingerprint density at radius 2 is 1.88 bits per heavy atom. The molecular weight excluding hydrogens is 374 g/mol. The molecule has 2 aromatic rings. The largest absolute Gasteiger partial charge is 0.508 e. The highest BCUT2D eigenvalue weighted by atomic mass is 35.5. The van der Waals surface area contributed by atoms with E-state index in [2.05, 4.69) is 4.72 Å². The normalized spacial score (nSPS) is 23.5. The zero-order chi connectivity index (χ0) is 18.8. The highest BCUT2D eigenvalue weighted by Crippen LogP contribution is 2.43. The smallest absolute Gasteiger partial charge is 0.241 e. The molecular formula is C19H22ClNO4S. The van der Waals surface area contributed by atoms with Crippen molar-refractivity contribution in [3.63, 3.8) is 0 Å². The molecule has 0 spiro atoms. The minimum Gasteiger partial charge on any atom is -0.508 e. The number of para-hydroxylation sites is 1. The number of sulfonamides is 1. The molecule has 0 bridgehead atoms. The third-order valence-corrected chi connectivity index (χ3v) is 6.73. The molecule has 1 fully saturated rings. The number of alkyl halides is 1. The number of nitrogens with one attached hydrogen (secondary N) is 1. The van der Waals surface area contributed by atoms with Gasteiger partial charge in [-0.05, 0) is 56.0 Å². The zero-order valence-electron chi connectivity index (χ0n) is 14.5. The van der Waals surface area contributed by atoms with Crippen LogP contribution in [0.15, 0.2) is 53.4 Å². The highest BCUT2D eigenvalue weighted by molar-refractivity contribution is 7.89. The molecule has 1 aliphatic carbocycles. The summed E-state index contributed by atoms with van der Waals surface area (Å²) in [6.45, 7) is 0. The Morgan fingerprint density at radius 3 is 2.50 bits per heavy atom. The van der Waals surface area contributed by atoms with Crippen molar-refractivity contribution in [3.8, 4) is 11.5 Å². The van der Waals surface area contributed by atoms with Crippen LogP contribution in [0.1, 0.15) is 31.2 Å². The second kappa shape index (κ2) is 7.47. The molecule has 2 unspecified atom stereocenters. The van der Waals surface area contributed by atoms with Crippen LogP contribution in [0.5, 0.6) is 11.5 Å². The molecule has 26 heavy (non-hydrogen) atoms. The van der Waals surface area contributed by atoms with E-state index in [1.807, 2.05) is 0 Å². The molecule has 1 saturated carbocycles. The molecule has 7 heteroatoms. The van der Waals surface area contributed by atoms with Gasteiger partial charge in [-0.1, -0.05) is 18.2 Å². The lowest BCUT2D eigenvalue weighted by Gasteiger charge is -2.40. The van der Waals surface area contributed by atoms with Gasteiger partial charge in [0.15, 0.2) is 0 Å². The summed E-state index contributed by atoms with van der Waals surface area (Å²) in [4.78, 5) is 0.143. The summed E-state index contributed by atoms with van der Waals surface area (Å²) in [5.74, 6) is 0.647. The summed E-state index contributed by atoms with van der Waals surface area (Å²) in [5, 5.41) is 10.2. The monoisotopic (exact) mass is 395 g/mol. The van der Waals surface area contributed by atoms with Crippen LogP contribution in [0.25, 0.3) is 0 Å². The van der Waals surface area contributed by atoms with E-state index < -0.39 is 15.6 Å². The van der Waals surface area contributed by atoms with E-state index in [1.165, 1.54) is 19.2 Å². The number of phenols is 1. The van der Waals surface area contributed by atoms with E-state index >= 15 is 0 Å². The molecule has 0 aliphatic heterocycles. The van der Waals surface area contributed by atoms with E-state index in [0.29, 0.717) is 24.2 Å². The lowest BCUT2D eigenvalue weighted by Crippen LogP contribution is -2.49. The first-order chi connectivity index (χ1) is 12.4. The molecule has 0 heterocycles. The first-order valence-electron chi connectivity index (χ1n) is 8.47. The third-order valence-electron chi connectivity index (χ3n) is 4.81.